The van der Waals surface area contributed by atoms with Crippen LogP contribution in [0.3, 0.4) is 0 Å². The van der Waals surface area contributed by atoms with Crippen molar-refractivity contribution in [3.05, 3.63) is 12.2 Å². The maximum Gasteiger partial charge on any atom is 0.0705 e. The van der Waals surface area contributed by atoms with Gasteiger partial charge in [-0.1, -0.05) is 12.2 Å². The van der Waals surface area contributed by atoms with E-state index in [0.29, 0.717) is 6.54 Å². The molecule has 0 saturated heterocycles. The molecule has 1 aliphatic heterocycles. The molecule has 3 nitrogen and oxygen atoms in total. The molecule has 1 atom stereocenters. The Labute approximate surface area is 80.5 Å². The van der Waals surface area contributed by atoms with Gasteiger partial charge in [-0.3, -0.25) is 4.90 Å². The predicted octanol–water partition coefficient (Wildman–Crippen LogP) is 0.612. The third-order valence-electron chi connectivity index (χ3n) is 2.51. The second-order valence-electron chi connectivity index (χ2n) is 3.44. The first-order valence-electron chi connectivity index (χ1n) is 4.97. The number of nitrogens with two attached hydrogens (primary N) is 1. The van der Waals surface area contributed by atoms with Crippen molar-refractivity contribution in [1.29, 1.82) is 0 Å². The van der Waals surface area contributed by atoms with E-state index in [2.05, 4.69) is 17.1 Å². The average Bonchev–Trinajstić information content (AvgIpc) is 2.21. The van der Waals surface area contributed by atoms with Crippen molar-refractivity contribution in [2.45, 2.75) is 18.9 Å². The number of nitrogens with zero attached hydrogens (tertiary/aromatic N) is 1. The summed E-state index contributed by atoms with van der Waals surface area (Å²) in [5.74, 6) is 0. The van der Waals surface area contributed by atoms with Crippen molar-refractivity contribution in [3.63, 3.8) is 0 Å². The summed E-state index contributed by atoms with van der Waals surface area (Å²) >= 11 is 0. The Kier molecular flexibility index (Phi) is 5.05. The van der Waals surface area contributed by atoms with Gasteiger partial charge in [0.25, 0.3) is 0 Å². The quantitative estimate of drug-likeness (QED) is 0.636. The van der Waals surface area contributed by atoms with E-state index in [-0.39, 0.29) is 6.10 Å². The first-order valence-corrected chi connectivity index (χ1v) is 4.97. The van der Waals surface area contributed by atoms with Gasteiger partial charge in [0.2, 0.25) is 0 Å². The molecule has 1 rings (SSSR count). The van der Waals surface area contributed by atoms with Gasteiger partial charge in [0.05, 0.1) is 6.10 Å². The summed E-state index contributed by atoms with van der Waals surface area (Å²) in [7, 11) is 1.73. The van der Waals surface area contributed by atoms with Gasteiger partial charge < -0.3 is 10.5 Å². The summed E-state index contributed by atoms with van der Waals surface area (Å²) in [5, 5.41) is 0. The van der Waals surface area contributed by atoms with Crippen LogP contribution in [-0.2, 0) is 4.74 Å². The molecular weight excluding hydrogens is 164 g/mol. The van der Waals surface area contributed by atoms with Crippen LogP contribution in [0.25, 0.3) is 0 Å². The van der Waals surface area contributed by atoms with Gasteiger partial charge in [-0.15, -0.1) is 0 Å². The minimum absolute atomic E-state index is 0.228. The predicted molar refractivity (Wildman–Crippen MR) is 54.7 cm³/mol. The van der Waals surface area contributed by atoms with Crippen molar-refractivity contribution < 1.29 is 4.74 Å². The molecule has 0 amide bonds. The molecule has 0 aliphatic carbocycles. The van der Waals surface area contributed by atoms with Crippen molar-refractivity contribution in [2.75, 3.05) is 33.3 Å². The molecule has 0 aromatic heterocycles. The van der Waals surface area contributed by atoms with Crippen LogP contribution in [0.4, 0.5) is 0 Å². The highest BCUT2D eigenvalue weighted by Gasteiger charge is 2.09. The lowest BCUT2D eigenvalue weighted by molar-refractivity contribution is 0.0907. The van der Waals surface area contributed by atoms with E-state index in [0.717, 1.165) is 19.5 Å². The summed E-state index contributed by atoms with van der Waals surface area (Å²) in [4.78, 5) is 2.43. The smallest absolute Gasteiger partial charge is 0.0705 e. The molecule has 2 N–H and O–H groups in total. The van der Waals surface area contributed by atoms with E-state index in [1.807, 2.05) is 0 Å². The molecule has 1 heterocycles. The van der Waals surface area contributed by atoms with Crippen molar-refractivity contribution in [3.8, 4) is 0 Å². The number of methoxy groups -OCH3 is 1. The van der Waals surface area contributed by atoms with Crippen LogP contribution in [0.2, 0.25) is 0 Å². The fourth-order valence-electron chi connectivity index (χ4n) is 1.55. The Morgan fingerprint density at radius 2 is 2.38 bits per heavy atom. The van der Waals surface area contributed by atoms with E-state index < -0.39 is 0 Å². The fourth-order valence-corrected chi connectivity index (χ4v) is 1.55. The first kappa shape index (κ1) is 10.7. The van der Waals surface area contributed by atoms with Crippen LogP contribution in [0.15, 0.2) is 12.2 Å². The third-order valence-corrected chi connectivity index (χ3v) is 2.51. The zero-order chi connectivity index (χ0) is 9.52. The minimum Gasteiger partial charge on any atom is -0.380 e. The van der Waals surface area contributed by atoms with Crippen LogP contribution >= 0.6 is 0 Å². The Balaban J connectivity index is 2.13. The highest BCUT2D eigenvalue weighted by Crippen LogP contribution is 2.04. The van der Waals surface area contributed by atoms with E-state index >= 15 is 0 Å². The summed E-state index contributed by atoms with van der Waals surface area (Å²) in [6.07, 6.45) is 6.92. The number of hydrogen-bond acceptors (Lipinski definition) is 3. The molecule has 0 radical (unpaired) electrons. The first-order chi connectivity index (χ1) is 6.36. The van der Waals surface area contributed by atoms with E-state index in [9.17, 15) is 0 Å². The Morgan fingerprint density at radius 1 is 1.54 bits per heavy atom. The standard InChI is InChI=1S/C10H20N2O/c1-13-10(9-11)5-8-12-6-3-2-4-7-12/h2-3,10H,4-9,11H2,1H3. The fraction of sp³-hybridized carbons (Fsp3) is 0.800. The Morgan fingerprint density at radius 3 is 2.92 bits per heavy atom. The van der Waals surface area contributed by atoms with Crippen molar-refractivity contribution >= 4 is 0 Å². The van der Waals surface area contributed by atoms with Crippen LogP contribution in [0, 0.1) is 0 Å². The summed E-state index contributed by atoms with van der Waals surface area (Å²) in [6.45, 7) is 3.98. The molecular formula is C10H20N2O. The summed E-state index contributed by atoms with van der Waals surface area (Å²) < 4.78 is 5.22. The number of rotatable bonds is 5. The molecule has 0 aromatic carbocycles. The molecule has 1 unspecified atom stereocenters. The molecule has 13 heavy (non-hydrogen) atoms. The minimum atomic E-state index is 0.228. The van der Waals surface area contributed by atoms with E-state index in [1.54, 1.807) is 7.11 Å². The normalized spacial score (nSPS) is 20.5. The van der Waals surface area contributed by atoms with Gasteiger partial charge in [0, 0.05) is 33.3 Å². The molecule has 76 valence electrons. The summed E-state index contributed by atoms with van der Waals surface area (Å²) in [5.41, 5.74) is 5.54. The van der Waals surface area contributed by atoms with Crippen molar-refractivity contribution in [1.82, 2.24) is 4.90 Å². The lowest BCUT2D eigenvalue weighted by atomic mass is 10.2. The topological polar surface area (TPSA) is 38.5 Å². The lowest BCUT2D eigenvalue weighted by Gasteiger charge is -2.24. The van der Waals surface area contributed by atoms with Crippen LogP contribution < -0.4 is 5.73 Å². The number of hydrogen-bond donors (Lipinski definition) is 1. The molecule has 0 fully saturated rings. The maximum atomic E-state index is 5.54. The molecule has 0 saturated carbocycles. The van der Waals surface area contributed by atoms with Gasteiger partial charge in [-0.05, 0) is 12.8 Å². The third kappa shape index (κ3) is 3.89. The van der Waals surface area contributed by atoms with Gasteiger partial charge in [-0.2, -0.15) is 0 Å². The highest BCUT2D eigenvalue weighted by molar-refractivity contribution is 4.90. The monoisotopic (exact) mass is 184 g/mol. The zero-order valence-electron chi connectivity index (χ0n) is 8.41. The highest BCUT2D eigenvalue weighted by atomic mass is 16.5. The van der Waals surface area contributed by atoms with Crippen LogP contribution in [-0.4, -0.2) is 44.3 Å². The maximum absolute atomic E-state index is 5.54. The Bertz CT molecular complexity index is 155. The lowest BCUT2D eigenvalue weighted by Crippen LogP contribution is -2.33. The van der Waals surface area contributed by atoms with Gasteiger partial charge in [0.1, 0.15) is 0 Å². The van der Waals surface area contributed by atoms with Crippen molar-refractivity contribution in [2.24, 2.45) is 5.73 Å². The molecule has 1 aliphatic rings. The zero-order valence-corrected chi connectivity index (χ0v) is 8.41. The van der Waals surface area contributed by atoms with Gasteiger partial charge >= 0.3 is 0 Å². The van der Waals surface area contributed by atoms with E-state index in [1.165, 1.54) is 13.0 Å². The molecule has 0 aromatic rings. The van der Waals surface area contributed by atoms with Crippen LogP contribution in [0.1, 0.15) is 12.8 Å². The molecule has 3 heteroatoms. The number of ether oxygens (including phenoxy) is 1. The second kappa shape index (κ2) is 6.13. The Hall–Kier alpha value is -0.380. The second-order valence-corrected chi connectivity index (χ2v) is 3.44. The molecule has 0 bridgehead atoms. The van der Waals surface area contributed by atoms with Crippen LogP contribution in [0.5, 0.6) is 0 Å². The largest absolute Gasteiger partial charge is 0.380 e. The molecule has 0 spiro atoms. The van der Waals surface area contributed by atoms with Gasteiger partial charge in [-0.25, -0.2) is 0 Å². The van der Waals surface area contributed by atoms with E-state index in [4.69, 9.17) is 10.5 Å². The summed E-state index contributed by atoms with van der Waals surface area (Å²) in [6, 6.07) is 0. The SMILES string of the molecule is COC(CN)CCN1CC=CCC1. The average molecular weight is 184 g/mol. The van der Waals surface area contributed by atoms with Gasteiger partial charge in [0.15, 0.2) is 0 Å².